The van der Waals surface area contributed by atoms with E-state index in [2.05, 4.69) is 32.2 Å². The molecule has 0 saturated heterocycles. The molecule has 6 nitrogen and oxygen atoms in total. The van der Waals surface area contributed by atoms with Gasteiger partial charge in [-0.05, 0) is 30.7 Å². The van der Waals surface area contributed by atoms with Crippen LogP contribution in [0.4, 0.5) is 5.82 Å². The third-order valence-electron chi connectivity index (χ3n) is 3.87. The molecule has 0 aliphatic heterocycles. The van der Waals surface area contributed by atoms with Crippen LogP contribution in [0.15, 0.2) is 67.5 Å². The highest BCUT2D eigenvalue weighted by atomic mass is 15.2. The van der Waals surface area contributed by atoms with E-state index in [9.17, 15) is 0 Å². The summed E-state index contributed by atoms with van der Waals surface area (Å²) < 4.78 is 1.93. The maximum absolute atomic E-state index is 4.66. The molecule has 3 aromatic heterocycles. The van der Waals surface area contributed by atoms with E-state index < -0.39 is 0 Å². The van der Waals surface area contributed by atoms with Gasteiger partial charge in [-0.2, -0.15) is 0 Å². The fourth-order valence-corrected chi connectivity index (χ4v) is 2.62. The number of nitrogens with one attached hydrogen (secondary N) is 1. The second kappa shape index (κ2) is 6.08. The van der Waals surface area contributed by atoms with Crippen molar-refractivity contribution in [1.29, 1.82) is 0 Å². The molecule has 0 radical (unpaired) electrons. The Bertz CT molecular complexity index is 963. The minimum atomic E-state index is 0.0859. The Morgan fingerprint density at radius 2 is 1.92 bits per heavy atom. The molecule has 3 heterocycles. The van der Waals surface area contributed by atoms with Crippen molar-refractivity contribution in [1.82, 2.24) is 24.5 Å². The summed E-state index contributed by atoms with van der Waals surface area (Å²) in [6.07, 6.45) is 8.83. The Balaban J connectivity index is 1.64. The van der Waals surface area contributed by atoms with Gasteiger partial charge in [-0.15, -0.1) is 0 Å². The maximum atomic E-state index is 4.66. The average Bonchev–Trinajstić information content (AvgIpc) is 3.07. The molecule has 1 aromatic carbocycles. The minimum Gasteiger partial charge on any atom is -0.362 e. The molecule has 0 bridgehead atoms. The predicted octanol–water partition coefficient (Wildman–Crippen LogP) is 3.38. The maximum Gasteiger partial charge on any atom is 0.159 e. The van der Waals surface area contributed by atoms with E-state index in [-0.39, 0.29) is 6.04 Å². The van der Waals surface area contributed by atoms with E-state index in [1.165, 1.54) is 0 Å². The summed E-state index contributed by atoms with van der Waals surface area (Å²) in [5.74, 6) is 1.44. The number of pyridine rings is 1. The minimum absolute atomic E-state index is 0.0859. The lowest BCUT2D eigenvalue weighted by molar-refractivity contribution is 0.858. The van der Waals surface area contributed by atoms with Crippen molar-refractivity contribution in [2.45, 2.75) is 13.0 Å². The van der Waals surface area contributed by atoms with Crippen molar-refractivity contribution in [2.24, 2.45) is 0 Å². The monoisotopic (exact) mass is 316 g/mol. The molecular formula is C18H16N6. The quantitative estimate of drug-likeness (QED) is 0.625. The van der Waals surface area contributed by atoms with Crippen molar-refractivity contribution >= 4 is 16.9 Å². The van der Waals surface area contributed by atoms with Gasteiger partial charge < -0.3 is 5.32 Å². The number of para-hydroxylation sites is 2. The van der Waals surface area contributed by atoms with E-state index in [1.54, 1.807) is 24.9 Å². The van der Waals surface area contributed by atoms with Crippen LogP contribution < -0.4 is 5.32 Å². The Morgan fingerprint density at radius 3 is 2.79 bits per heavy atom. The lowest BCUT2D eigenvalue weighted by atomic mass is 10.1. The third kappa shape index (κ3) is 2.69. The fourth-order valence-electron chi connectivity index (χ4n) is 2.62. The van der Waals surface area contributed by atoms with Gasteiger partial charge in [0.25, 0.3) is 0 Å². The molecule has 0 unspecified atom stereocenters. The number of anilines is 1. The molecule has 0 fully saturated rings. The van der Waals surface area contributed by atoms with Crippen molar-refractivity contribution in [3.63, 3.8) is 0 Å². The van der Waals surface area contributed by atoms with Crippen LogP contribution in [-0.4, -0.2) is 24.5 Å². The molecule has 0 spiro atoms. The molecule has 0 amide bonds. The van der Waals surface area contributed by atoms with Crippen LogP contribution >= 0.6 is 0 Å². The van der Waals surface area contributed by atoms with Crippen molar-refractivity contribution in [2.75, 3.05) is 5.32 Å². The van der Waals surface area contributed by atoms with Gasteiger partial charge in [-0.3, -0.25) is 14.5 Å². The zero-order valence-electron chi connectivity index (χ0n) is 13.2. The molecule has 0 aliphatic rings. The highest BCUT2D eigenvalue weighted by Crippen LogP contribution is 2.19. The summed E-state index contributed by atoms with van der Waals surface area (Å²) in [5.41, 5.74) is 3.03. The van der Waals surface area contributed by atoms with Crippen molar-refractivity contribution < 1.29 is 0 Å². The lowest BCUT2D eigenvalue weighted by Crippen LogP contribution is -2.09. The van der Waals surface area contributed by atoms with Gasteiger partial charge in [0.1, 0.15) is 12.1 Å². The van der Waals surface area contributed by atoms with Crippen LogP contribution in [0, 0.1) is 0 Å². The van der Waals surface area contributed by atoms with Crippen LogP contribution in [-0.2, 0) is 0 Å². The Labute approximate surface area is 139 Å². The smallest absolute Gasteiger partial charge is 0.159 e. The number of hydrogen-bond donors (Lipinski definition) is 1. The van der Waals surface area contributed by atoms with Crippen LogP contribution in [0.1, 0.15) is 18.5 Å². The molecule has 6 heteroatoms. The molecule has 1 N–H and O–H groups in total. The first-order valence-electron chi connectivity index (χ1n) is 7.72. The Hall–Kier alpha value is -3.28. The molecule has 1 atom stereocenters. The van der Waals surface area contributed by atoms with Gasteiger partial charge in [0.2, 0.25) is 0 Å². The van der Waals surface area contributed by atoms with E-state index in [4.69, 9.17) is 0 Å². The first kappa shape index (κ1) is 14.3. The molecule has 24 heavy (non-hydrogen) atoms. The number of aromatic nitrogens is 5. The summed E-state index contributed by atoms with van der Waals surface area (Å²) in [7, 11) is 0. The summed E-state index contributed by atoms with van der Waals surface area (Å²) >= 11 is 0. The zero-order valence-corrected chi connectivity index (χ0v) is 13.2. The fraction of sp³-hybridized carbons (Fsp3) is 0.111. The SMILES string of the molecule is C[C@H](Nc1cncc(-n2cnc3ccccc32)n1)c1cccnc1. The molecule has 4 aromatic rings. The third-order valence-corrected chi connectivity index (χ3v) is 3.87. The number of nitrogens with zero attached hydrogens (tertiary/aromatic N) is 5. The topological polar surface area (TPSA) is 68.5 Å². The lowest BCUT2D eigenvalue weighted by Gasteiger charge is -2.14. The first-order valence-corrected chi connectivity index (χ1v) is 7.72. The number of imidazole rings is 1. The molecule has 0 aliphatic carbocycles. The van der Waals surface area contributed by atoms with E-state index in [1.807, 2.05) is 47.2 Å². The van der Waals surface area contributed by atoms with Gasteiger partial charge in [-0.25, -0.2) is 9.97 Å². The van der Waals surface area contributed by atoms with Gasteiger partial charge in [0.05, 0.1) is 29.5 Å². The van der Waals surface area contributed by atoms with Gasteiger partial charge in [0, 0.05) is 12.4 Å². The van der Waals surface area contributed by atoms with Crippen LogP contribution in [0.2, 0.25) is 0 Å². The number of fused-ring (bicyclic) bond motifs is 1. The van der Waals surface area contributed by atoms with Gasteiger partial charge in [-0.1, -0.05) is 18.2 Å². The standard InChI is InChI=1S/C18H16N6/c1-13(14-5-4-8-19-9-14)22-17-10-20-11-18(23-17)24-12-21-15-6-2-3-7-16(15)24/h2-13H,1H3,(H,22,23)/t13-/m0/s1. The summed E-state index contributed by atoms with van der Waals surface area (Å²) in [6, 6.07) is 12.0. The second-order valence-electron chi connectivity index (χ2n) is 5.52. The van der Waals surface area contributed by atoms with E-state index in [0.29, 0.717) is 5.82 Å². The average molecular weight is 316 g/mol. The largest absolute Gasteiger partial charge is 0.362 e. The summed E-state index contributed by atoms with van der Waals surface area (Å²) in [5, 5.41) is 3.36. The van der Waals surface area contributed by atoms with Crippen molar-refractivity contribution in [3.05, 3.63) is 73.1 Å². The van der Waals surface area contributed by atoms with Crippen LogP contribution in [0.5, 0.6) is 0 Å². The Morgan fingerprint density at radius 1 is 1.00 bits per heavy atom. The predicted molar refractivity (Wildman–Crippen MR) is 92.9 cm³/mol. The number of rotatable bonds is 4. The van der Waals surface area contributed by atoms with Crippen LogP contribution in [0.3, 0.4) is 0 Å². The van der Waals surface area contributed by atoms with Gasteiger partial charge >= 0.3 is 0 Å². The van der Waals surface area contributed by atoms with Gasteiger partial charge in [0.15, 0.2) is 5.82 Å². The molecule has 0 saturated carbocycles. The van der Waals surface area contributed by atoms with E-state index in [0.717, 1.165) is 22.4 Å². The van der Waals surface area contributed by atoms with E-state index >= 15 is 0 Å². The molecule has 4 rings (SSSR count). The van der Waals surface area contributed by atoms with Crippen molar-refractivity contribution in [3.8, 4) is 5.82 Å². The highest BCUT2D eigenvalue weighted by molar-refractivity contribution is 5.76. The Kier molecular flexibility index (Phi) is 3.63. The molecular weight excluding hydrogens is 300 g/mol. The summed E-state index contributed by atoms with van der Waals surface area (Å²) in [4.78, 5) is 17.5. The zero-order chi connectivity index (χ0) is 16.4. The summed E-state index contributed by atoms with van der Waals surface area (Å²) in [6.45, 7) is 2.07. The first-order chi connectivity index (χ1) is 11.8. The van der Waals surface area contributed by atoms with Crippen LogP contribution in [0.25, 0.3) is 16.9 Å². The number of benzene rings is 1. The molecule has 118 valence electrons. The normalized spacial score (nSPS) is 12.2. The highest BCUT2D eigenvalue weighted by Gasteiger charge is 2.09. The number of hydrogen-bond acceptors (Lipinski definition) is 5. The second-order valence-corrected chi connectivity index (χ2v) is 5.52.